The second-order valence-corrected chi connectivity index (χ2v) is 5.89. The molecule has 3 heteroatoms. The SMILES string of the molecule is Cc1ccc(C2CN(C(C)(C)C)CCO2)cc1.Cl. The lowest BCUT2D eigenvalue weighted by Crippen LogP contribution is -2.48. The highest BCUT2D eigenvalue weighted by Gasteiger charge is 2.28. The van der Waals surface area contributed by atoms with Crippen molar-refractivity contribution >= 4 is 12.4 Å². The maximum Gasteiger partial charge on any atom is 0.0952 e. The van der Waals surface area contributed by atoms with Crippen molar-refractivity contribution in [2.45, 2.75) is 39.3 Å². The van der Waals surface area contributed by atoms with Gasteiger partial charge in [-0.1, -0.05) is 29.8 Å². The highest BCUT2D eigenvalue weighted by atomic mass is 35.5. The summed E-state index contributed by atoms with van der Waals surface area (Å²) in [5, 5.41) is 0. The molecule has 18 heavy (non-hydrogen) atoms. The van der Waals surface area contributed by atoms with E-state index >= 15 is 0 Å². The molecule has 0 N–H and O–H groups in total. The summed E-state index contributed by atoms with van der Waals surface area (Å²) in [4.78, 5) is 2.50. The van der Waals surface area contributed by atoms with Gasteiger partial charge >= 0.3 is 0 Å². The van der Waals surface area contributed by atoms with Crippen molar-refractivity contribution in [3.8, 4) is 0 Å². The van der Waals surface area contributed by atoms with Gasteiger partial charge in [0.2, 0.25) is 0 Å². The zero-order valence-electron chi connectivity index (χ0n) is 11.8. The first-order chi connectivity index (χ1) is 7.97. The summed E-state index contributed by atoms with van der Waals surface area (Å²) >= 11 is 0. The first kappa shape index (κ1) is 15.5. The summed E-state index contributed by atoms with van der Waals surface area (Å²) in [5.41, 5.74) is 2.83. The number of halogens is 1. The van der Waals surface area contributed by atoms with Crippen molar-refractivity contribution < 1.29 is 4.74 Å². The number of rotatable bonds is 1. The number of morpholine rings is 1. The van der Waals surface area contributed by atoms with Crippen molar-refractivity contribution in [2.75, 3.05) is 19.7 Å². The maximum atomic E-state index is 5.89. The van der Waals surface area contributed by atoms with Crippen LogP contribution >= 0.6 is 12.4 Å². The zero-order valence-corrected chi connectivity index (χ0v) is 12.6. The molecule has 1 aromatic carbocycles. The van der Waals surface area contributed by atoms with E-state index in [1.165, 1.54) is 11.1 Å². The Hall–Kier alpha value is -0.570. The van der Waals surface area contributed by atoms with E-state index in [-0.39, 0.29) is 24.0 Å². The zero-order chi connectivity index (χ0) is 12.5. The summed E-state index contributed by atoms with van der Waals surface area (Å²) in [6.45, 7) is 11.8. The fourth-order valence-corrected chi connectivity index (χ4v) is 2.24. The van der Waals surface area contributed by atoms with Crippen LogP contribution in [0.2, 0.25) is 0 Å². The van der Waals surface area contributed by atoms with Gasteiger partial charge in [-0.25, -0.2) is 0 Å². The van der Waals surface area contributed by atoms with Crippen LogP contribution in [0.25, 0.3) is 0 Å². The van der Waals surface area contributed by atoms with Gasteiger partial charge in [-0.15, -0.1) is 12.4 Å². The molecule has 0 aliphatic carbocycles. The van der Waals surface area contributed by atoms with Gasteiger partial charge in [-0.05, 0) is 33.3 Å². The molecule has 1 aliphatic rings. The number of benzene rings is 1. The lowest BCUT2D eigenvalue weighted by Gasteiger charge is -2.41. The predicted molar refractivity (Wildman–Crippen MR) is 78.4 cm³/mol. The highest BCUT2D eigenvalue weighted by molar-refractivity contribution is 5.85. The molecule has 1 heterocycles. The summed E-state index contributed by atoms with van der Waals surface area (Å²) in [7, 11) is 0. The Morgan fingerprint density at radius 3 is 2.33 bits per heavy atom. The summed E-state index contributed by atoms with van der Waals surface area (Å²) < 4.78 is 5.89. The maximum absolute atomic E-state index is 5.89. The quantitative estimate of drug-likeness (QED) is 0.773. The van der Waals surface area contributed by atoms with E-state index in [0.717, 1.165) is 19.7 Å². The normalized spacial score (nSPS) is 21.4. The number of hydrogen-bond acceptors (Lipinski definition) is 2. The average Bonchev–Trinajstić information content (AvgIpc) is 2.29. The monoisotopic (exact) mass is 269 g/mol. The lowest BCUT2D eigenvalue weighted by atomic mass is 10.0. The average molecular weight is 270 g/mol. The molecule has 2 rings (SSSR count). The molecule has 1 atom stereocenters. The molecule has 0 amide bonds. The highest BCUT2D eigenvalue weighted by Crippen LogP contribution is 2.26. The van der Waals surface area contributed by atoms with Crippen LogP contribution in [-0.4, -0.2) is 30.1 Å². The number of nitrogens with zero attached hydrogens (tertiary/aromatic N) is 1. The Kier molecular flexibility index (Phi) is 5.20. The molecule has 0 bridgehead atoms. The minimum Gasteiger partial charge on any atom is -0.371 e. The van der Waals surface area contributed by atoms with Crippen molar-refractivity contribution in [3.63, 3.8) is 0 Å². The van der Waals surface area contributed by atoms with Crippen LogP contribution in [0.3, 0.4) is 0 Å². The van der Waals surface area contributed by atoms with Gasteiger partial charge in [0.05, 0.1) is 12.7 Å². The van der Waals surface area contributed by atoms with Gasteiger partial charge in [-0.3, -0.25) is 4.90 Å². The molecule has 1 aromatic rings. The van der Waals surface area contributed by atoms with Gasteiger partial charge in [0.25, 0.3) is 0 Å². The van der Waals surface area contributed by atoms with Crippen LogP contribution < -0.4 is 0 Å². The van der Waals surface area contributed by atoms with E-state index in [1.54, 1.807) is 0 Å². The Morgan fingerprint density at radius 1 is 1.17 bits per heavy atom. The minimum absolute atomic E-state index is 0. The smallest absolute Gasteiger partial charge is 0.0952 e. The van der Waals surface area contributed by atoms with E-state index in [0.29, 0.717) is 0 Å². The molecule has 1 saturated heterocycles. The van der Waals surface area contributed by atoms with Crippen molar-refractivity contribution in [1.82, 2.24) is 4.90 Å². The first-order valence-corrected chi connectivity index (χ1v) is 6.40. The van der Waals surface area contributed by atoms with E-state index in [1.807, 2.05) is 0 Å². The molecule has 0 radical (unpaired) electrons. The molecule has 102 valence electrons. The number of aryl methyl sites for hydroxylation is 1. The topological polar surface area (TPSA) is 12.5 Å². The minimum atomic E-state index is 0. The molecular weight excluding hydrogens is 246 g/mol. The van der Waals surface area contributed by atoms with Crippen LogP contribution in [0, 0.1) is 6.92 Å². The fourth-order valence-electron chi connectivity index (χ4n) is 2.24. The van der Waals surface area contributed by atoms with E-state index in [2.05, 4.69) is 56.9 Å². The third kappa shape index (κ3) is 3.71. The first-order valence-electron chi connectivity index (χ1n) is 6.40. The van der Waals surface area contributed by atoms with Crippen molar-refractivity contribution in [1.29, 1.82) is 0 Å². The number of ether oxygens (including phenoxy) is 1. The second-order valence-electron chi connectivity index (χ2n) is 5.89. The molecule has 0 saturated carbocycles. The predicted octanol–water partition coefficient (Wildman–Crippen LogP) is 3.59. The summed E-state index contributed by atoms with van der Waals surface area (Å²) in [6, 6.07) is 8.70. The Morgan fingerprint density at radius 2 is 1.78 bits per heavy atom. The second kappa shape index (κ2) is 6.05. The van der Waals surface area contributed by atoms with Gasteiger partial charge in [0.15, 0.2) is 0 Å². The molecule has 0 spiro atoms. The van der Waals surface area contributed by atoms with E-state index in [9.17, 15) is 0 Å². The largest absolute Gasteiger partial charge is 0.371 e. The standard InChI is InChI=1S/C15H23NO.ClH/c1-12-5-7-13(8-6-12)14-11-16(9-10-17-14)15(2,3)4;/h5-8,14H,9-11H2,1-4H3;1H. The molecule has 2 nitrogen and oxygen atoms in total. The van der Waals surface area contributed by atoms with Crippen LogP contribution in [0.4, 0.5) is 0 Å². The van der Waals surface area contributed by atoms with Gasteiger partial charge in [-0.2, -0.15) is 0 Å². The third-order valence-corrected chi connectivity index (χ3v) is 3.46. The molecule has 1 aliphatic heterocycles. The molecule has 1 fully saturated rings. The van der Waals surface area contributed by atoms with Gasteiger partial charge in [0.1, 0.15) is 0 Å². The van der Waals surface area contributed by atoms with Crippen LogP contribution in [0.5, 0.6) is 0 Å². The summed E-state index contributed by atoms with van der Waals surface area (Å²) in [6.07, 6.45) is 0.226. The lowest BCUT2D eigenvalue weighted by molar-refractivity contribution is -0.0596. The van der Waals surface area contributed by atoms with Crippen molar-refractivity contribution in [2.24, 2.45) is 0 Å². The van der Waals surface area contributed by atoms with Gasteiger partial charge in [0, 0.05) is 18.6 Å². The van der Waals surface area contributed by atoms with E-state index in [4.69, 9.17) is 4.74 Å². The third-order valence-electron chi connectivity index (χ3n) is 3.46. The van der Waals surface area contributed by atoms with Crippen LogP contribution in [0.15, 0.2) is 24.3 Å². The summed E-state index contributed by atoms with van der Waals surface area (Å²) in [5.74, 6) is 0. The fraction of sp³-hybridized carbons (Fsp3) is 0.600. The van der Waals surface area contributed by atoms with Crippen LogP contribution in [0.1, 0.15) is 38.0 Å². The Bertz CT molecular complexity index is 369. The van der Waals surface area contributed by atoms with E-state index < -0.39 is 0 Å². The van der Waals surface area contributed by atoms with Gasteiger partial charge < -0.3 is 4.74 Å². The van der Waals surface area contributed by atoms with Crippen LogP contribution in [-0.2, 0) is 4.74 Å². The molecule has 0 aromatic heterocycles. The molecular formula is C15H24ClNO. The Labute approximate surface area is 117 Å². The van der Waals surface area contributed by atoms with Crippen molar-refractivity contribution in [3.05, 3.63) is 35.4 Å². The number of hydrogen-bond donors (Lipinski definition) is 0. The molecule has 1 unspecified atom stereocenters. The Balaban J connectivity index is 0.00000162.